The molecule has 6 heteroatoms. The van der Waals surface area contributed by atoms with Gasteiger partial charge in [0.25, 0.3) is 10.2 Å². The summed E-state index contributed by atoms with van der Waals surface area (Å²) in [6.45, 7) is 1.44. The van der Waals surface area contributed by atoms with E-state index >= 15 is 0 Å². The Balaban J connectivity index is 2.45. The first-order valence-corrected chi connectivity index (χ1v) is 4.96. The van der Waals surface area contributed by atoms with Crippen LogP contribution in [0.25, 0.3) is 0 Å². The molecular formula is C5H12N2O3S. The van der Waals surface area contributed by atoms with E-state index in [4.69, 9.17) is 5.11 Å². The second kappa shape index (κ2) is 3.48. The van der Waals surface area contributed by atoms with Gasteiger partial charge in [0, 0.05) is 26.2 Å². The second-order valence-electron chi connectivity index (χ2n) is 2.38. The predicted molar refractivity (Wildman–Crippen MR) is 40.2 cm³/mol. The van der Waals surface area contributed by atoms with Gasteiger partial charge in [-0.1, -0.05) is 0 Å². The van der Waals surface area contributed by atoms with Crippen LogP contribution in [-0.2, 0) is 10.2 Å². The molecule has 0 saturated carbocycles. The Bertz CT molecular complexity index is 214. The topological polar surface area (TPSA) is 69.6 Å². The van der Waals surface area contributed by atoms with Crippen LogP contribution in [0.2, 0.25) is 0 Å². The van der Waals surface area contributed by atoms with Crippen molar-refractivity contribution in [2.24, 2.45) is 0 Å². The maximum absolute atomic E-state index is 11.0. The highest BCUT2D eigenvalue weighted by Crippen LogP contribution is 2.03. The molecule has 0 aromatic heterocycles. The molecular weight excluding hydrogens is 168 g/mol. The summed E-state index contributed by atoms with van der Waals surface area (Å²) in [5, 5.41) is 8.45. The van der Waals surface area contributed by atoms with Gasteiger partial charge in [-0.15, -0.1) is 0 Å². The Kier molecular flexibility index (Phi) is 2.83. The van der Waals surface area contributed by atoms with Crippen molar-refractivity contribution in [1.29, 1.82) is 0 Å². The number of aliphatic hydroxyl groups is 1. The molecule has 0 amide bonds. The molecule has 0 spiro atoms. The van der Waals surface area contributed by atoms with E-state index in [1.807, 2.05) is 0 Å². The Labute approximate surface area is 66.2 Å². The molecule has 0 radical (unpaired) electrons. The molecule has 66 valence electrons. The molecule has 11 heavy (non-hydrogen) atoms. The van der Waals surface area contributed by atoms with Gasteiger partial charge in [-0.25, -0.2) is 4.72 Å². The highest BCUT2D eigenvalue weighted by molar-refractivity contribution is 7.87. The lowest BCUT2D eigenvalue weighted by atomic mass is 10.4. The summed E-state index contributed by atoms with van der Waals surface area (Å²) in [6.07, 6.45) is 0.501. The lowest BCUT2D eigenvalue weighted by Gasteiger charge is -2.11. The Hall–Kier alpha value is -0.170. The third-order valence-electron chi connectivity index (χ3n) is 1.55. The average molecular weight is 180 g/mol. The molecule has 1 heterocycles. The normalized spacial score (nSPS) is 24.1. The summed E-state index contributed by atoms with van der Waals surface area (Å²) in [5.41, 5.74) is 0. The van der Waals surface area contributed by atoms with Crippen molar-refractivity contribution >= 4 is 10.2 Å². The lowest BCUT2D eigenvalue weighted by molar-refractivity contribution is 0.273. The molecule has 0 bridgehead atoms. The van der Waals surface area contributed by atoms with E-state index in [9.17, 15) is 8.42 Å². The van der Waals surface area contributed by atoms with E-state index in [1.165, 1.54) is 4.31 Å². The molecule has 1 saturated heterocycles. The van der Waals surface area contributed by atoms with Crippen molar-refractivity contribution in [3.63, 3.8) is 0 Å². The van der Waals surface area contributed by atoms with Crippen molar-refractivity contribution < 1.29 is 13.5 Å². The molecule has 1 rings (SSSR count). The van der Waals surface area contributed by atoms with Crippen LogP contribution < -0.4 is 4.72 Å². The van der Waals surface area contributed by atoms with Crippen LogP contribution in [0.5, 0.6) is 0 Å². The molecule has 0 aliphatic carbocycles. The van der Waals surface area contributed by atoms with Gasteiger partial charge < -0.3 is 5.11 Å². The van der Waals surface area contributed by atoms with E-state index in [2.05, 4.69) is 4.72 Å². The molecule has 0 atom stereocenters. The quantitative estimate of drug-likeness (QED) is 0.556. The molecule has 0 aromatic rings. The molecule has 0 aromatic carbocycles. The van der Waals surface area contributed by atoms with Crippen LogP contribution in [0.15, 0.2) is 0 Å². The van der Waals surface area contributed by atoms with Gasteiger partial charge in [0.15, 0.2) is 0 Å². The fraction of sp³-hybridized carbons (Fsp3) is 1.00. The first-order chi connectivity index (χ1) is 5.17. The smallest absolute Gasteiger partial charge is 0.279 e. The predicted octanol–water partition coefficient (Wildman–Crippen LogP) is -1.48. The molecule has 0 unspecified atom stereocenters. The van der Waals surface area contributed by atoms with Crippen LogP contribution in [0.1, 0.15) is 6.42 Å². The maximum atomic E-state index is 11.0. The van der Waals surface area contributed by atoms with E-state index in [1.54, 1.807) is 0 Å². The van der Waals surface area contributed by atoms with E-state index in [0.717, 1.165) is 0 Å². The fourth-order valence-corrected chi connectivity index (χ4v) is 2.22. The van der Waals surface area contributed by atoms with E-state index < -0.39 is 10.2 Å². The summed E-state index contributed by atoms with van der Waals surface area (Å²) in [6, 6.07) is 0. The van der Waals surface area contributed by atoms with Crippen LogP contribution in [-0.4, -0.2) is 44.1 Å². The zero-order valence-corrected chi connectivity index (χ0v) is 6.97. The average Bonchev–Trinajstić information content (AvgIpc) is 2.25. The monoisotopic (exact) mass is 180 g/mol. The molecule has 5 nitrogen and oxygen atoms in total. The van der Waals surface area contributed by atoms with Crippen molar-refractivity contribution in [3.8, 4) is 0 Å². The fourth-order valence-electron chi connectivity index (χ4n) is 0.990. The minimum Gasteiger partial charge on any atom is -0.396 e. The number of nitrogens with one attached hydrogen (secondary N) is 1. The Morgan fingerprint density at radius 1 is 1.55 bits per heavy atom. The first-order valence-electron chi connectivity index (χ1n) is 3.52. The van der Waals surface area contributed by atoms with Crippen LogP contribution in [0, 0.1) is 0 Å². The zero-order chi connectivity index (χ0) is 8.32. The largest absolute Gasteiger partial charge is 0.396 e. The SMILES string of the molecule is O=S1(=O)NCCN1CCCO. The summed E-state index contributed by atoms with van der Waals surface area (Å²) in [4.78, 5) is 0. The molecule has 2 N–H and O–H groups in total. The van der Waals surface area contributed by atoms with Crippen molar-refractivity contribution in [2.45, 2.75) is 6.42 Å². The molecule has 1 aliphatic rings. The van der Waals surface area contributed by atoms with Gasteiger partial charge in [-0.2, -0.15) is 12.7 Å². The summed E-state index contributed by atoms with van der Waals surface area (Å²) >= 11 is 0. The van der Waals surface area contributed by atoms with Crippen LogP contribution in [0.4, 0.5) is 0 Å². The third kappa shape index (κ3) is 2.13. The summed E-state index contributed by atoms with van der Waals surface area (Å²) < 4.78 is 25.7. The third-order valence-corrected chi connectivity index (χ3v) is 3.17. The Morgan fingerprint density at radius 2 is 2.27 bits per heavy atom. The number of nitrogens with zero attached hydrogens (tertiary/aromatic N) is 1. The van der Waals surface area contributed by atoms with Gasteiger partial charge >= 0.3 is 0 Å². The molecule has 1 aliphatic heterocycles. The zero-order valence-electron chi connectivity index (χ0n) is 6.15. The minimum atomic E-state index is -3.19. The van der Waals surface area contributed by atoms with Gasteiger partial charge in [0.05, 0.1) is 0 Å². The maximum Gasteiger partial charge on any atom is 0.279 e. The van der Waals surface area contributed by atoms with E-state index in [-0.39, 0.29) is 6.61 Å². The lowest BCUT2D eigenvalue weighted by Crippen LogP contribution is -2.30. The number of aliphatic hydroxyl groups excluding tert-OH is 1. The van der Waals surface area contributed by atoms with Gasteiger partial charge in [-0.3, -0.25) is 0 Å². The van der Waals surface area contributed by atoms with E-state index in [0.29, 0.717) is 26.1 Å². The van der Waals surface area contributed by atoms with Crippen molar-refractivity contribution in [3.05, 3.63) is 0 Å². The van der Waals surface area contributed by atoms with Gasteiger partial charge in [0.1, 0.15) is 0 Å². The van der Waals surface area contributed by atoms with Gasteiger partial charge in [0.2, 0.25) is 0 Å². The summed E-state index contributed by atoms with van der Waals surface area (Å²) in [7, 11) is -3.19. The standard InChI is InChI=1S/C5H12N2O3S/c8-5-1-3-7-4-2-6-11(7,9)10/h6,8H,1-5H2. The summed E-state index contributed by atoms with van der Waals surface area (Å²) in [5.74, 6) is 0. The van der Waals surface area contributed by atoms with Gasteiger partial charge in [-0.05, 0) is 6.42 Å². The van der Waals surface area contributed by atoms with Crippen LogP contribution in [0.3, 0.4) is 0 Å². The highest BCUT2D eigenvalue weighted by atomic mass is 32.2. The highest BCUT2D eigenvalue weighted by Gasteiger charge is 2.26. The molecule has 1 fully saturated rings. The first kappa shape index (κ1) is 8.92. The Morgan fingerprint density at radius 3 is 2.73 bits per heavy atom. The number of rotatable bonds is 3. The second-order valence-corrected chi connectivity index (χ2v) is 4.13. The van der Waals surface area contributed by atoms with Crippen molar-refractivity contribution in [1.82, 2.24) is 9.03 Å². The minimum absolute atomic E-state index is 0.0337. The number of hydrogen-bond donors (Lipinski definition) is 2. The van der Waals surface area contributed by atoms with Crippen molar-refractivity contribution in [2.75, 3.05) is 26.2 Å². The van der Waals surface area contributed by atoms with Crippen LogP contribution >= 0.6 is 0 Å². The number of hydrogen-bond acceptors (Lipinski definition) is 3.